The van der Waals surface area contributed by atoms with Gasteiger partial charge >= 0.3 is 5.97 Å². The van der Waals surface area contributed by atoms with Gasteiger partial charge in [0.25, 0.3) is 0 Å². The first kappa shape index (κ1) is 14.3. The predicted molar refractivity (Wildman–Crippen MR) is 78.3 cm³/mol. The first-order valence-corrected chi connectivity index (χ1v) is 7.20. The molecule has 0 bridgehead atoms. The summed E-state index contributed by atoms with van der Waals surface area (Å²) in [6.07, 6.45) is 0. The average molecular weight is 316 g/mol. The fourth-order valence-corrected chi connectivity index (χ4v) is 3.33. The SMILES string of the molecule is CCOC(=O)c1nc(C)sc1-c1c(Cl)cccc1Cl. The van der Waals surface area contributed by atoms with Crippen LogP contribution in [0, 0.1) is 6.92 Å². The Labute approximate surface area is 125 Å². The van der Waals surface area contributed by atoms with Gasteiger partial charge in [-0.25, -0.2) is 9.78 Å². The number of aromatic nitrogens is 1. The normalized spacial score (nSPS) is 10.5. The highest BCUT2D eigenvalue weighted by Crippen LogP contribution is 2.40. The molecule has 0 spiro atoms. The molecule has 2 aromatic rings. The molecule has 0 saturated heterocycles. The number of hydrogen-bond acceptors (Lipinski definition) is 4. The molecule has 0 radical (unpaired) electrons. The monoisotopic (exact) mass is 315 g/mol. The van der Waals surface area contributed by atoms with Crippen molar-refractivity contribution in [2.75, 3.05) is 6.61 Å². The van der Waals surface area contributed by atoms with Crippen LogP contribution >= 0.6 is 34.5 Å². The van der Waals surface area contributed by atoms with E-state index in [0.717, 1.165) is 5.01 Å². The summed E-state index contributed by atoms with van der Waals surface area (Å²) in [4.78, 5) is 16.8. The van der Waals surface area contributed by atoms with Gasteiger partial charge in [0, 0.05) is 5.56 Å². The number of hydrogen-bond donors (Lipinski definition) is 0. The molecule has 6 heteroatoms. The summed E-state index contributed by atoms with van der Waals surface area (Å²) in [5, 5.41) is 1.73. The van der Waals surface area contributed by atoms with Crippen molar-refractivity contribution >= 4 is 40.5 Å². The second kappa shape index (κ2) is 5.90. The average Bonchev–Trinajstić information content (AvgIpc) is 2.71. The van der Waals surface area contributed by atoms with Crippen molar-refractivity contribution in [3.63, 3.8) is 0 Å². The number of nitrogens with zero attached hydrogens (tertiary/aromatic N) is 1. The third-order valence-electron chi connectivity index (χ3n) is 2.39. The number of rotatable bonds is 3. The molecule has 0 aliphatic rings. The van der Waals surface area contributed by atoms with Gasteiger partial charge in [-0.05, 0) is 26.0 Å². The fourth-order valence-electron chi connectivity index (χ4n) is 1.65. The van der Waals surface area contributed by atoms with Crippen LogP contribution in [-0.4, -0.2) is 17.6 Å². The maximum Gasteiger partial charge on any atom is 0.358 e. The molecule has 19 heavy (non-hydrogen) atoms. The smallest absolute Gasteiger partial charge is 0.358 e. The Bertz CT molecular complexity index is 605. The van der Waals surface area contributed by atoms with Crippen LogP contribution < -0.4 is 0 Å². The molecule has 0 aliphatic heterocycles. The van der Waals surface area contributed by atoms with Gasteiger partial charge in [-0.15, -0.1) is 11.3 Å². The summed E-state index contributed by atoms with van der Waals surface area (Å²) in [5.74, 6) is -0.460. The van der Waals surface area contributed by atoms with Crippen LogP contribution in [0.4, 0.5) is 0 Å². The van der Waals surface area contributed by atoms with Crippen LogP contribution in [0.2, 0.25) is 10.0 Å². The molecule has 0 N–H and O–H groups in total. The lowest BCUT2D eigenvalue weighted by Crippen LogP contribution is -2.06. The van der Waals surface area contributed by atoms with Gasteiger partial charge in [0.05, 0.1) is 26.5 Å². The summed E-state index contributed by atoms with van der Waals surface area (Å²) in [6.45, 7) is 3.87. The maximum absolute atomic E-state index is 11.9. The van der Waals surface area contributed by atoms with Crippen LogP contribution in [0.15, 0.2) is 18.2 Å². The van der Waals surface area contributed by atoms with E-state index in [4.69, 9.17) is 27.9 Å². The van der Waals surface area contributed by atoms with E-state index in [1.807, 2.05) is 6.92 Å². The number of aryl methyl sites for hydroxylation is 1. The summed E-state index contributed by atoms with van der Waals surface area (Å²) in [7, 11) is 0. The number of carbonyl (C=O) groups excluding carboxylic acids is 1. The molecule has 0 unspecified atom stereocenters. The lowest BCUT2D eigenvalue weighted by atomic mass is 10.1. The molecular weight excluding hydrogens is 305 g/mol. The van der Waals surface area contributed by atoms with E-state index in [2.05, 4.69) is 4.98 Å². The number of thiazole rings is 1. The summed E-state index contributed by atoms with van der Waals surface area (Å²) in [5.41, 5.74) is 0.888. The van der Waals surface area contributed by atoms with Gasteiger partial charge in [0.2, 0.25) is 0 Å². The number of esters is 1. The molecule has 0 amide bonds. The molecule has 0 aliphatic carbocycles. The third kappa shape index (κ3) is 2.91. The van der Waals surface area contributed by atoms with Crippen LogP contribution in [0.25, 0.3) is 10.4 Å². The minimum absolute atomic E-state index is 0.263. The molecule has 0 saturated carbocycles. The van der Waals surface area contributed by atoms with E-state index < -0.39 is 5.97 Å². The van der Waals surface area contributed by atoms with Gasteiger partial charge < -0.3 is 4.74 Å². The van der Waals surface area contributed by atoms with E-state index in [1.165, 1.54) is 11.3 Å². The molecule has 0 fully saturated rings. The molecule has 100 valence electrons. The minimum Gasteiger partial charge on any atom is -0.461 e. The van der Waals surface area contributed by atoms with Crippen molar-refractivity contribution in [3.05, 3.63) is 38.9 Å². The lowest BCUT2D eigenvalue weighted by molar-refractivity contribution is 0.0521. The summed E-state index contributed by atoms with van der Waals surface area (Å²) >= 11 is 13.7. The Morgan fingerprint density at radius 1 is 1.37 bits per heavy atom. The van der Waals surface area contributed by atoms with Gasteiger partial charge in [0.15, 0.2) is 5.69 Å². The van der Waals surface area contributed by atoms with E-state index in [9.17, 15) is 4.79 Å². The molecule has 3 nitrogen and oxygen atoms in total. The van der Waals surface area contributed by atoms with Gasteiger partial charge in [-0.2, -0.15) is 0 Å². The predicted octanol–water partition coefficient (Wildman–Crippen LogP) is 4.60. The minimum atomic E-state index is -0.460. The Morgan fingerprint density at radius 2 is 2.00 bits per heavy atom. The summed E-state index contributed by atoms with van der Waals surface area (Å²) < 4.78 is 5.00. The standard InChI is InChI=1S/C13H11Cl2NO2S/c1-3-18-13(17)11-12(19-7(2)16-11)10-8(14)5-4-6-9(10)15/h4-6H,3H2,1-2H3. The van der Waals surface area contributed by atoms with E-state index in [-0.39, 0.29) is 5.69 Å². The number of carbonyl (C=O) groups is 1. The lowest BCUT2D eigenvalue weighted by Gasteiger charge is -2.06. The maximum atomic E-state index is 11.9. The number of halogens is 2. The Morgan fingerprint density at radius 3 is 2.58 bits per heavy atom. The molecule has 1 aromatic heterocycles. The molecule has 2 rings (SSSR count). The number of ether oxygens (including phenoxy) is 1. The molecule has 1 heterocycles. The molecular formula is C13H11Cl2NO2S. The Balaban J connectivity index is 2.60. The first-order chi connectivity index (χ1) is 9.04. The highest BCUT2D eigenvalue weighted by molar-refractivity contribution is 7.15. The second-order valence-corrected chi connectivity index (χ2v) is 5.75. The van der Waals surface area contributed by atoms with Crippen LogP contribution in [0.5, 0.6) is 0 Å². The van der Waals surface area contributed by atoms with Gasteiger partial charge in [-0.1, -0.05) is 29.3 Å². The van der Waals surface area contributed by atoms with Gasteiger partial charge in [0.1, 0.15) is 0 Å². The molecule has 1 aromatic carbocycles. The van der Waals surface area contributed by atoms with Crippen LogP contribution in [0.1, 0.15) is 22.4 Å². The highest BCUT2D eigenvalue weighted by Gasteiger charge is 2.22. The van der Waals surface area contributed by atoms with Crippen molar-refractivity contribution in [1.29, 1.82) is 0 Å². The zero-order valence-corrected chi connectivity index (χ0v) is 12.7. The Hall–Kier alpha value is -1.10. The highest BCUT2D eigenvalue weighted by atomic mass is 35.5. The fraction of sp³-hybridized carbons (Fsp3) is 0.231. The summed E-state index contributed by atoms with van der Waals surface area (Å²) in [6, 6.07) is 5.21. The largest absolute Gasteiger partial charge is 0.461 e. The van der Waals surface area contributed by atoms with Crippen molar-refractivity contribution in [1.82, 2.24) is 4.98 Å². The topological polar surface area (TPSA) is 39.2 Å². The van der Waals surface area contributed by atoms with Crippen molar-refractivity contribution in [2.45, 2.75) is 13.8 Å². The van der Waals surface area contributed by atoms with Crippen molar-refractivity contribution in [2.24, 2.45) is 0 Å². The van der Waals surface area contributed by atoms with E-state index >= 15 is 0 Å². The van der Waals surface area contributed by atoms with Gasteiger partial charge in [-0.3, -0.25) is 0 Å². The second-order valence-electron chi connectivity index (χ2n) is 3.73. The first-order valence-electron chi connectivity index (χ1n) is 5.63. The van der Waals surface area contributed by atoms with Crippen molar-refractivity contribution in [3.8, 4) is 10.4 Å². The van der Waals surface area contributed by atoms with E-state index in [1.54, 1.807) is 25.1 Å². The zero-order valence-electron chi connectivity index (χ0n) is 10.4. The number of benzene rings is 1. The quantitative estimate of drug-likeness (QED) is 0.777. The van der Waals surface area contributed by atoms with E-state index in [0.29, 0.717) is 27.1 Å². The van der Waals surface area contributed by atoms with Crippen LogP contribution in [-0.2, 0) is 4.74 Å². The zero-order chi connectivity index (χ0) is 14.0. The molecule has 0 atom stereocenters. The van der Waals surface area contributed by atoms with Crippen LogP contribution in [0.3, 0.4) is 0 Å². The third-order valence-corrected chi connectivity index (χ3v) is 4.01. The van der Waals surface area contributed by atoms with Crippen molar-refractivity contribution < 1.29 is 9.53 Å². The Kier molecular flexibility index (Phi) is 4.45.